The van der Waals surface area contributed by atoms with E-state index >= 15 is 0 Å². The number of rotatable bonds is 27. The van der Waals surface area contributed by atoms with E-state index in [-0.39, 0.29) is 34.9 Å². The van der Waals surface area contributed by atoms with Gasteiger partial charge in [-0.15, -0.1) is 0 Å². The van der Waals surface area contributed by atoms with Crippen molar-refractivity contribution in [3.05, 3.63) is 58.2 Å². The number of fused-ring (bicyclic) bond motifs is 2. The molecule has 0 bridgehead atoms. The van der Waals surface area contributed by atoms with Gasteiger partial charge in [0.15, 0.2) is 0 Å². The van der Waals surface area contributed by atoms with Crippen molar-refractivity contribution in [2.45, 2.75) is 221 Å². The Balaban J connectivity index is 0.000000377. The molecule has 2 aliphatic carbocycles. The molecule has 0 aliphatic heterocycles. The third-order valence-electron chi connectivity index (χ3n) is 12.5. The fraction of sp³-hybridized carbons (Fsp3) is 0.731. The first-order valence-electron chi connectivity index (χ1n) is 25.0. The van der Waals surface area contributed by atoms with Crippen LogP contribution < -0.4 is 11.1 Å². The van der Waals surface area contributed by atoms with Crippen molar-refractivity contribution in [2.75, 3.05) is 13.2 Å². The standard InChI is InChI=1S/C26H42N2O3.C20H32N2O2.C6H11ClO/c1-4-20(5-2)25(29)28-24(26(30)31-6-3)17-11-9-7-8-10-15-22-19-18-21-14-12-13-16-23(21)27-22;1-2-24-20(23)18(21)12-7-5-3-4-6-11-17-15-14-16-10-8-9-13-19(16)22-17;1-3-5(4-2)6(7)8/h18-20,24H,4-17H2,1-3H3,(H,28,29);14-15,18H,2-13,21H2,1H3;5H,3-4H2,1-2H3/t24-;18-;/m00./s1. The van der Waals surface area contributed by atoms with Gasteiger partial charge in [-0.3, -0.25) is 24.4 Å². The Morgan fingerprint density at radius 1 is 0.587 bits per heavy atom. The summed E-state index contributed by atoms with van der Waals surface area (Å²) in [5.41, 5.74) is 13.8. The Kier molecular flexibility index (Phi) is 30.1. The summed E-state index contributed by atoms with van der Waals surface area (Å²) in [4.78, 5) is 56.2. The largest absolute Gasteiger partial charge is 0.465 e. The lowest BCUT2D eigenvalue weighted by molar-refractivity contribution is -0.148. The molecule has 2 aliphatic rings. The number of hydrogen-bond donors (Lipinski definition) is 2. The van der Waals surface area contributed by atoms with E-state index in [0.29, 0.717) is 19.6 Å². The highest BCUT2D eigenvalue weighted by molar-refractivity contribution is 6.63. The summed E-state index contributed by atoms with van der Waals surface area (Å²) in [6, 6.07) is 8.01. The number of pyridine rings is 2. The molecule has 0 spiro atoms. The summed E-state index contributed by atoms with van der Waals surface area (Å²) in [7, 11) is 0. The molecule has 0 fully saturated rings. The van der Waals surface area contributed by atoms with Crippen LogP contribution in [0, 0.1) is 11.8 Å². The molecule has 0 saturated carbocycles. The normalized spacial score (nSPS) is 13.9. The van der Waals surface area contributed by atoms with Crippen molar-refractivity contribution in [1.82, 2.24) is 15.3 Å². The SMILES string of the molecule is CCC(CC)C(=O)Cl.CCOC(=O)[C@@H](N)CCCCCCCc1ccc2c(n1)CCCC2.CCOC(=O)[C@H](CCCCCCCc1ccc2c(n1)CCCC2)NC(=O)C(CC)CC. The lowest BCUT2D eigenvalue weighted by Crippen LogP contribution is -2.44. The van der Waals surface area contributed by atoms with Crippen molar-refractivity contribution in [2.24, 2.45) is 17.6 Å². The second kappa shape index (κ2) is 34.0. The van der Waals surface area contributed by atoms with Gasteiger partial charge in [0.05, 0.1) is 13.2 Å². The van der Waals surface area contributed by atoms with E-state index in [9.17, 15) is 19.2 Å². The maximum atomic E-state index is 12.4. The highest BCUT2D eigenvalue weighted by atomic mass is 35.5. The van der Waals surface area contributed by atoms with Crippen LogP contribution in [0.2, 0.25) is 0 Å². The molecule has 0 saturated heterocycles. The van der Waals surface area contributed by atoms with Gasteiger partial charge in [0.1, 0.15) is 12.1 Å². The summed E-state index contributed by atoms with van der Waals surface area (Å²) < 4.78 is 10.1. The number of nitrogens with two attached hydrogens (primary N) is 1. The van der Waals surface area contributed by atoms with Crippen LogP contribution >= 0.6 is 11.6 Å². The predicted octanol–water partition coefficient (Wildman–Crippen LogP) is 11.2. The number of carbonyl (C=O) groups is 4. The van der Waals surface area contributed by atoms with Crippen molar-refractivity contribution in [3.8, 4) is 0 Å². The second-order valence-electron chi connectivity index (χ2n) is 17.3. The molecule has 3 N–H and O–H groups in total. The zero-order chi connectivity index (χ0) is 46.2. The second-order valence-corrected chi connectivity index (χ2v) is 17.7. The van der Waals surface area contributed by atoms with Gasteiger partial charge in [-0.25, -0.2) is 4.79 Å². The van der Waals surface area contributed by atoms with Crippen molar-refractivity contribution in [3.63, 3.8) is 0 Å². The van der Waals surface area contributed by atoms with E-state index in [1.54, 1.807) is 6.92 Å². The molecular formula is C52H85ClN4O6. The van der Waals surface area contributed by atoms with Gasteiger partial charge in [0, 0.05) is 34.6 Å². The third kappa shape index (κ3) is 22.9. The first-order valence-corrected chi connectivity index (χ1v) is 25.4. The minimum atomic E-state index is -0.521. The summed E-state index contributed by atoms with van der Waals surface area (Å²) >= 11 is 5.21. The van der Waals surface area contributed by atoms with Gasteiger partial charge >= 0.3 is 11.9 Å². The number of aryl methyl sites for hydroxylation is 6. The van der Waals surface area contributed by atoms with E-state index in [1.165, 1.54) is 98.1 Å². The lowest BCUT2D eigenvalue weighted by atomic mass is 9.95. The molecule has 11 heteroatoms. The molecule has 0 radical (unpaired) electrons. The molecule has 356 valence electrons. The molecule has 2 aromatic rings. The van der Waals surface area contributed by atoms with Crippen LogP contribution in [0.25, 0.3) is 0 Å². The molecule has 0 aromatic carbocycles. The maximum Gasteiger partial charge on any atom is 0.328 e. The van der Waals surface area contributed by atoms with E-state index < -0.39 is 12.1 Å². The van der Waals surface area contributed by atoms with Crippen LogP contribution in [0.1, 0.15) is 204 Å². The number of ether oxygens (including phenoxy) is 2. The van der Waals surface area contributed by atoms with E-state index in [4.69, 9.17) is 36.8 Å². The lowest BCUT2D eigenvalue weighted by Gasteiger charge is -2.20. The third-order valence-corrected chi connectivity index (χ3v) is 12.8. The molecular weight excluding hydrogens is 812 g/mol. The highest BCUT2D eigenvalue weighted by Crippen LogP contribution is 2.22. The van der Waals surface area contributed by atoms with Gasteiger partial charge in [-0.05, 0) is 164 Å². The molecule has 2 atom stereocenters. The average Bonchev–Trinajstić information content (AvgIpc) is 3.29. The van der Waals surface area contributed by atoms with E-state index in [0.717, 1.165) is 96.3 Å². The number of carbonyl (C=O) groups excluding carboxylic acids is 4. The topological polar surface area (TPSA) is 151 Å². The van der Waals surface area contributed by atoms with Crippen LogP contribution in [-0.4, -0.2) is 58.4 Å². The maximum absolute atomic E-state index is 12.4. The average molecular weight is 898 g/mol. The first kappa shape index (κ1) is 55.8. The van der Waals surface area contributed by atoms with Crippen LogP contribution in [0.3, 0.4) is 0 Å². The molecule has 2 aromatic heterocycles. The van der Waals surface area contributed by atoms with Crippen LogP contribution in [0.15, 0.2) is 24.3 Å². The van der Waals surface area contributed by atoms with Crippen LogP contribution in [0.5, 0.6) is 0 Å². The Hall–Kier alpha value is -3.37. The number of aromatic nitrogens is 2. The molecule has 2 heterocycles. The number of halogens is 1. The number of unbranched alkanes of at least 4 members (excludes halogenated alkanes) is 8. The van der Waals surface area contributed by atoms with Gasteiger partial charge in [0.2, 0.25) is 11.1 Å². The zero-order valence-corrected chi connectivity index (χ0v) is 41.0. The summed E-state index contributed by atoms with van der Waals surface area (Å²) in [5.74, 6) is -0.553. The first-order chi connectivity index (χ1) is 30.5. The fourth-order valence-corrected chi connectivity index (χ4v) is 8.65. The van der Waals surface area contributed by atoms with Crippen LogP contribution in [0.4, 0.5) is 0 Å². The Labute approximate surface area is 386 Å². The summed E-state index contributed by atoms with van der Waals surface area (Å²) in [5, 5.41) is 2.73. The summed E-state index contributed by atoms with van der Waals surface area (Å²) in [6.07, 6.45) is 27.8. The van der Waals surface area contributed by atoms with Crippen LogP contribution in [-0.2, 0) is 67.2 Å². The Morgan fingerprint density at radius 3 is 1.46 bits per heavy atom. The number of nitrogens with one attached hydrogen (secondary N) is 1. The predicted molar refractivity (Wildman–Crippen MR) is 257 cm³/mol. The van der Waals surface area contributed by atoms with Gasteiger partial charge in [0.25, 0.3) is 0 Å². The summed E-state index contributed by atoms with van der Waals surface area (Å²) in [6.45, 7) is 12.3. The zero-order valence-electron chi connectivity index (χ0n) is 40.2. The molecule has 1 amide bonds. The minimum Gasteiger partial charge on any atom is -0.465 e. The van der Waals surface area contributed by atoms with Crippen molar-refractivity contribution in [1.29, 1.82) is 0 Å². The number of nitrogens with zero attached hydrogens (tertiary/aromatic N) is 2. The van der Waals surface area contributed by atoms with Gasteiger partial charge < -0.3 is 20.5 Å². The number of hydrogen-bond acceptors (Lipinski definition) is 9. The molecule has 4 rings (SSSR count). The van der Waals surface area contributed by atoms with Gasteiger partial charge in [-0.2, -0.15) is 0 Å². The minimum absolute atomic E-state index is 0.0272. The quantitative estimate of drug-likeness (QED) is 0.0507. The van der Waals surface area contributed by atoms with Crippen molar-refractivity contribution < 1.29 is 28.7 Å². The monoisotopic (exact) mass is 897 g/mol. The van der Waals surface area contributed by atoms with E-state index in [2.05, 4.69) is 29.6 Å². The highest BCUT2D eigenvalue weighted by Gasteiger charge is 2.25. The molecule has 10 nitrogen and oxygen atoms in total. The number of amides is 1. The molecule has 0 unspecified atom stereocenters. The smallest absolute Gasteiger partial charge is 0.328 e. The number of esters is 2. The van der Waals surface area contributed by atoms with Gasteiger partial charge in [-0.1, -0.05) is 91.2 Å². The Morgan fingerprint density at radius 2 is 1.02 bits per heavy atom. The van der Waals surface area contributed by atoms with Crippen molar-refractivity contribution >= 4 is 34.7 Å². The van der Waals surface area contributed by atoms with E-state index in [1.807, 2.05) is 34.6 Å². The Bertz CT molecular complexity index is 1600. The fourth-order valence-electron chi connectivity index (χ4n) is 8.34. The molecule has 63 heavy (non-hydrogen) atoms.